The van der Waals surface area contributed by atoms with Gasteiger partial charge in [0.05, 0.1) is 10.9 Å². The molecule has 1 N–H and O–H groups in total. The van der Waals surface area contributed by atoms with Crippen LogP contribution >= 0.6 is 11.8 Å². The number of hydrogen-bond acceptors (Lipinski definition) is 3. The quantitative estimate of drug-likeness (QED) is 0.908. The summed E-state index contributed by atoms with van der Waals surface area (Å²) in [4.78, 5) is 27.1. The molecule has 4 nitrogen and oxygen atoms in total. The van der Waals surface area contributed by atoms with E-state index in [2.05, 4.69) is 5.32 Å². The molecule has 1 saturated heterocycles. The van der Waals surface area contributed by atoms with Crippen LogP contribution in [0.15, 0.2) is 24.3 Å². The fraction of sp³-hybridized carbons (Fsp3) is 0.556. The Balaban J connectivity index is 2.38. The van der Waals surface area contributed by atoms with Gasteiger partial charge in [-0.25, -0.2) is 4.39 Å². The second kappa shape index (κ2) is 7.13. The van der Waals surface area contributed by atoms with E-state index in [9.17, 15) is 14.0 Å². The van der Waals surface area contributed by atoms with Gasteiger partial charge in [0.1, 0.15) is 11.9 Å². The maximum Gasteiger partial charge on any atom is 0.258 e. The highest BCUT2D eigenvalue weighted by Gasteiger charge is 2.46. The highest BCUT2D eigenvalue weighted by molar-refractivity contribution is 8.00. The van der Waals surface area contributed by atoms with Crippen molar-refractivity contribution in [1.82, 2.24) is 10.2 Å². The highest BCUT2D eigenvalue weighted by atomic mass is 32.2. The molecule has 1 fully saturated rings. The maximum absolute atomic E-state index is 14.1. The van der Waals surface area contributed by atoms with Crippen molar-refractivity contribution < 1.29 is 14.0 Å². The number of hydrogen-bond donors (Lipinski definition) is 1. The number of nitrogens with one attached hydrogen (secondary N) is 1. The van der Waals surface area contributed by atoms with Gasteiger partial charge < -0.3 is 10.2 Å². The molecule has 132 valence electrons. The van der Waals surface area contributed by atoms with Crippen molar-refractivity contribution in [2.45, 2.75) is 52.1 Å². The molecule has 1 aromatic rings. The summed E-state index contributed by atoms with van der Waals surface area (Å²) in [5.74, 6) is -0.660. The van der Waals surface area contributed by atoms with Crippen LogP contribution in [0.2, 0.25) is 0 Å². The number of thioether (sulfide) groups is 1. The Hall–Kier alpha value is -1.56. The summed E-state index contributed by atoms with van der Waals surface area (Å²) in [7, 11) is 0. The van der Waals surface area contributed by atoms with Gasteiger partial charge in [0.25, 0.3) is 5.91 Å². The summed E-state index contributed by atoms with van der Waals surface area (Å²) in [5.41, 5.74) is -0.213. The number of carbonyl (C=O) groups excluding carboxylic acids is 2. The number of benzene rings is 1. The molecular formula is C18H25FN2O2S. The molecule has 0 saturated carbocycles. The zero-order valence-electron chi connectivity index (χ0n) is 14.8. The summed E-state index contributed by atoms with van der Waals surface area (Å²) >= 11 is 1.57. The van der Waals surface area contributed by atoms with Gasteiger partial charge in [-0.2, -0.15) is 0 Å². The summed E-state index contributed by atoms with van der Waals surface area (Å²) in [6, 6.07) is 5.32. The first-order valence-corrected chi connectivity index (χ1v) is 9.17. The highest BCUT2D eigenvalue weighted by Crippen LogP contribution is 2.41. The minimum absolute atomic E-state index is 0.0107. The van der Waals surface area contributed by atoms with Crippen molar-refractivity contribution in [1.29, 1.82) is 0 Å². The lowest BCUT2D eigenvalue weighted by molar-refractivity contribution is -0.125. The van der Waals surface area contributed by atoms with Crippen molar-refractivity contribution in [2.75, 3.05) is 5.75 Å². The lowest BCUT2D eigenvalue weighted by atomic mass is 9.94. The fourth-order valence-electron chi connectivity index (χ4n) is 2.78. The molecule has 1 aliphatic rings. The summed E-state index contributed by atoms with van der Waals surface area (Å²) in [5, 5.41) is 2.68. The third kappa shape index (κ3) is 3.91. The Morgan fingerprint density at radius 3 is 2.46 bits per heavy atom. The molecule has 24 heavy (non-hydrogen) atoms. The van der Waals surface area contributed by atoms with E-state index in [1.807, 2.05) is 34.6 Å². The molecule has 6 heteroatoms. The maximum atomic E-state index is 14.1. The monoisotopic (exact) mass is 352 g/mol. The van der Waals surface area contributed by atoms with E-state index in [4.69, 9.17) is 0 Å². The van der Waals surface area contributed by atoms with Gasteiger partial charge >= 0.3 is 0 Å². The molecule has 2 amide bonds. The first kappa shape index (κ1) is 18.8. The number of carbonyl (C=O) groups is 2. The zero-order valence-corrected chi connectivity index (χ0v) is 15.6. The lowest BCUT2D eigenvalue weighted by Crippen LogP contribution is -2.53. The van der Waals surface area contributed by atoms with Gasteiger partial charge in [0.15, 0.2) is 0 Å². The van der Waals surface area contributed by atoms with E-state index in [1.165, 1.54) is 12.1 Å². The van der Waals surface area contributed by atoms with Gasteiger partial charge in [-0.15, -0.1) is 11.8 Å². The fourth-order valence-corrected chi connectivity index (χ4v) is 4.36. The predicted octanol–water partition coefficient (Wildman–Crippen LogP) is 3.28. The standard InChI is InChI=1S/C18H25FN2O2S/c1-11(2)20-15(22)14-10-24-17(18(3,4)5)21(14)16(23)12-8-6-7-9-13(12)19/h6-9,11,14,17H,10H2,1-5H3,(H,20,22). The molecule has 1 aliphatic heterocycles. The number of nitrogens with zero attached hydrogens (tertiary/aromatic N) is 1. The average molecular weight is 352 g/mol. The van der Waals surface area contributed by atoms with Crippen LogP contribution in [0.3, 0.4) is 0 Å². The van der Waals surface area contributed by atoms with Crippen LogP contribution in [-0.2, 0) is 4.79 Å². The topological polar surface area (TPSA) is 49.4 Å². The summed E-state index contributed by atoms with van der Waals surface area (Å²) < 4.78 is 14.1. The Bertz CT molecular complexity index is 628. The largest absolute Gasteiger partial charge is 0.352 e. The van der Waals surface area contributed by atoms with E-state index >= 15 is 0 Å². The predicted molar refractivity (Wildman–Crippen MR) is 95.3 cm³/mol. The van der Waals surface area contributed by atoms with Crippen molar-refractivity contribution in [3.05, 3.63) is 35.6 Å². The van der Waals surface area contributed by atoms with Crippen LogP contribution in [0.25, 0.3) is 0 Å². The summed E-state index contributed by atoms with van der Waals surface area (Å²) in [6.07, 6.45) is 0. The van der Waals surface area contributed by atoms with E-state index in [0.29, 0.717) is 5.75 Å². The molecule has 2 rings (SSSR count). The second-order valence-electron chi connectivity index (χ2n) is 7.42. The first-order chi connectivity index (χ1) is 11.1. The Morgan fingerprint density at radius 1 is 1.29 bits per heavy atom. The number of halogens is 1. The minimum atomic E-state index is -0.589. The van der Waals surface area contributed by atoms with Gasteiger partial charge in [-0.05, 0) is 31.4 Å². The van der Waals surface area contributed by atoms with Crippen molar-refractivity contribution in [2.24, 2.45) is 5.41 Å². The third-order valence-electron chi connectivity index (χ3n) is 3.81. The van der Waals surface area contributed by atoms with Gasteiger partial charge in [-0.3, -0.25) is 9.59 Å². The molecule has 0 spiro atoms. The van der Waals surface area contributed by atoms with Crippen LogP contribution in [0.1, 0.15) is 45.0 Å². The summed E-state index contributed by atoms with van der Waals surface area (Å²) in [6.45, 7) is 9.83. The smallest absolute Gasteiger partial charge is 0.258 e. The molecule has 1 heterocycles. The molecule has 2 atom stereocenters. The van der Waals surface area contributed by atoms with Crippen LogP contribution in [-0.4, -0.2) is 39.9 Å². The normalized spacial score (nSPS) is 21.2. The number of amides is 2. The number of rotatable bonds is 3. The molecule has 0 bridgehead atoms. The Labute approximate surface area is 147 Å². The van der Waals surface area contributed by atoms with E-state index in [-0.39, 0.29) is 28.3 Å². The first-order valence-electron chi connectivity index (χ1n) is 8.12. The van der Waals surface area contributed by atoms with Gasteiger partial charge in [0.2, 0.25) is 5.91 Å². The van der Waals surface area contributed by atoms with Crippen LogP contribution in [0.5, 0.6) is 0 Å². The second-order valence-corrected chi connectivity index (χ2v) is 8.54. The SMILES string of the molecule is CC(C)NC(=O)C1CSC(C(C)(C)C)N1C(=O)c1ccccc1F. The Kier molecular flexibility index (Phi) is 5.58. The molecular weight excluding hydrogens is 327 g/mol. The average Bonchev–Trinajstić information content (AvgIpc) is 2.91. The molecule has 0 aliphatic carbocycles. The van der Waals surface area contributed by atoms with Crippen LogP contribution in [0, 0.1) is 11.2 Å². The lowest BCUT2D eigenvalue weighted by Gasteiger charge is -2.36. The molecule has 0 radical (unpaired) electrons. The molecule has 1 aromatic carbocycles. The third-order valence-corrected chi connectivity index (χ3v) is 5.57. The zero-order chi connectivity index (χ0) is 18.1. The Morgan fingerprint density at radius 2 is 1.92 bits per heavy atom. The minimum Gasteiger partial charge on any atom is -0.352 e. The molecule has 0 aromatic heterocycles. The van der Waals surface area contributed by atoms with E-state index in [0.717, 1.165) is 0 Å². The van der Waals surface area contributed by atoms with Gasteiger partial charge in [-0.1, -0.05) is 32.9 Å². The van der Waals surface area contributed by atoms with Crippen molar-refractivity contribution >= 4 is 23.6 Å². The van der Waals surface area contributed by atoms with Gasteiger partial charge in [0, 0.05) is 11.8 Å². The van der Waals surface area contributed by atoms with E-state index in [1.54, 1.807) is 28.8 Å². The molecule has 2 unspecified atom stereocenters. The van der Waals surface area contributed by atoms with Crippen molar-refractivity contribution in [3.8, 4) is 0 Å². The van der Waals surface area contributed by atoms with Crippen molar-refractivity contribution in [3.63, 3.8) is 0 Å². The van der Waals surface area contributed by atoms with E-state index < -0.39 is 17.8 Å². The van der Waals surface area contributed by atoms with Crippen LogP contribution in [0.4, 0.5) is 4.39 Å². The van der Waals surface area contributed by atoms with Crippen LogP contribution < -0.4 is 5.32 Å².